The van der Waals surface area contributed by atoms with Crippen molar-refractivity contribution in [3.63, 3.8) is 0 Å². The van der Waals surface area contributed by atoms with E-state index in [4.69, 9.17) is 4.74 Å². The molecular formula is C23H18F3N3O5S. The number of aromatic amines is 1. The first-order valence-corrected chi connectivity index (χ1v) is 11.5. The molecule has 182 valence electrons. The minimum Gasteiger partial charge on any atom is -0.495 e. The lowest BCUT2D eigenvalue weighted by Crippen LogP contribution is -2.23. The van der Waals surface area contributed by atoms with Gasteiger partial charge in [-0.25, -0.2) is 8.42 Å². The number of amides is 1. The number of sulfone groups is 1. The first-order valence-electron chi connectivity index (χ1n) is 10.1. The van der Waals surface area contributed by atoms with E-state index in [0.29, 0.717) is 11.3 Å². The first-order chi connectivity index (χ1) is 16.6. The number of halogens is 3. The number of pyridine rings is 1. The summed E-state index contributed by atoms with van der Waals surface area (Å²) in [4.78, 5) is 18.8. The van der Waals surface area contributed by atoms with Gasteiger partial charge in [0.1, 0.15) is 22.1 Å². The lowest BCUT2D eigenvalue weighted by molar-refractivity contribution is -0.274. The van der Waals surface area contributed by atoms with E-state index in [-0.39, 0.29) is 23.1 Å². The van der Waals surface area contributed by atoms with E-state index >= 15 is 0 Å². The highest BCUT2D eigenvalue weighted by Gasteiger charge is 2.32. The molecule has 0 saturated carbocycles. The number of ether oxygens (including phenoxy) is 2. The van der Waals surface area contributed by atoms with Crippen molar-refractivity contribution < 1.29 is 35.9 Å². The smallest absolute Gasteiger partial charge is 0.495 e. The normalized spacial score (nSPS) is 11.9. The number of aromatic nitrogens is 2. The van der Waals surface area contributed by atoms with Crippen molar-refractivity contribution in [2.24, 2.45) is 0 Å². The van der Waals surface area contributed by atoms with Crippen molar-refractivity contribution in [2.45, 2.75) is 22.7 Å². The van der Waals surface area contributed by atoms with E-state index in [1.165, 1.54) is 31.4 Å². The third kappa shape index (κ3) is 5.38. The molecule has 2 aromatic heterocycles. The zero-order valence-electron chi connectivity index (χ0n) is 18.1. The Morgan fingerprint density at radius 3 is 2.49 bits per heavy atom. The Morgan fingerprint density at radius 2 is 1.83 bits per heavy atom. The average Bonchev–Trinajstić information content (AvgIpc) is 3.26. The number of hydrogen-bond donors (Lipinski definition) is 2. The van der Waals surface area contributed by atoms with E-state index < -0.39 is 26.8 Å². The summed E-state index contributed by atoms with van der Waals surface area (Å²) in [7, 11) is -3.03. The van der Waals surface area contributed by atoms with Crippen LogP contribution in [-0.4, -0.2) is 37.8 Å². The second kappa shape index (κ2) is 9.29. The third-order valence-corrected chi connectivity index (χ3v) is 6.80. The second-order valence-corrected chi connectivity index (χ2v) is 9.25. The molecule has 2 heterocycles. The molecule has 0 atom stereocenters. The molecule has 35 heavy (non-hydrogen) atoms. The maximum atomic E-state index is 13.1. The topological polar surface area (TPSA) is 110 Å². The van der Waals surface area contributed by atoms with Crippen LogP contribution in [0.5, 0.6) is 11.5 Å². The van der Waals surface area contributed by atoms with Crippen LogP contribution in [0.15, 0.2) is 76.8 Å². The molecule has 12 heteroatoms. The molecule has 8 nitrogen and oxygen atoms in total. The Bertz CT molecular complexity index is 1450. The zero-order valence-corrected chi connectivity index (χ0v) is 18.9. The van der Waals surface area contributed by atoms with Crippen molar-refractivity contribution in [3.8, 4) is 11.5 Å². The van der Waals surface area contributed by atoms with E-state index in [0.717, 1.165) is 29.1 Å². The first kappa shape index (κ1) is 24.1. The fraction of sp³-hybridized carbons (Fsp3) is 0.130. The Kier molecular flexibility index (Phi) is 6.39. The van der Waals surface area contributed by atoms with Crippen molar-refractivity contribution in [1.82, 2.24) is 15.3 Å². The zero-order chi connectivity index (χ0) is 25.2. The maximum absolute atomic E-state index is 13.1. The van der Waals surface area contributed by atoms with Gasteiger partial charge < -0.3 is 19.8 Å². The summed E-state index contributed by atoms with van der Waals surface area (Å²) >= 11 is 0. The molecule has 1 amide bonds. The molecule has 2 N–H and O–H groups in total. The summed E-state index contributed by atoms with van der Waals surface area (Å²) < 4.78 is 72.7. The van der Waals surface area contributed by atoms with Crippen LogP contribution >= 0.6 is 0 Å². The van der Waals surface area contributed by atoms with E-state index in [2.05, 4.69) is 20.0 Å². The SMILES string of the molecule is COc1ccc(OC(F)(F)F)cc1S(=O)(=O)c1ccc(CNC(=O)c2cc3cnccc3[nH]2)cc1. The molecule has 4 rings (SSSR count). The molecule has 2 aromatic carbocycles. The van der Waals surface area contributed by atoms with E-state index in [9.17, 15) is 26.4 Å². The Labute approximate surface area is 197 Å². The van der Waals surface area contributed by atoms with Gasteiger partial charge in [-0.15, -0.1) is 13.2 Å². The van der Waals surface area contributed by atoms with Gasteiger partial charge in [-0.2, -0.15) is 0 Å². The molecule has 0 radical (unpaired) electrons. The molecular weight excluding hydrogens is 487 g/mol. The van der Waals surface area contributed by atoms with Crippen LogP contribution in [0.4, 0.5) is 13.2 Å². The summed E-state index contributed by atoms with van der Waals surface area (Å²) in [6, 6.07) is 11.8. The average molecular weight is 505 g/mol. The van der Waals surface area contributed by atoms with Crippen molar-refractivity contribution in [1.29, 1.82) is 0 Å². The predicted molar refractivity (Wildman–Crippen MR) is 119 cm³/mol. The number of rotatable bonds is 7. The predicted octanol–water partition coefficient (Wildman–Crippen LogP) is 4.23. The summed E-state index contributed by atoms with van der Waals surface area (Å²) in [5.74, 6) is -1.18. The van der Waals surface area contributed by atoms with Gasteiger partial charge in [-0.05, 0) is 42.0 Å². The van der Waals surface area contributed by atoms with Crippen molar-refractivity contribution in [2.75, 3.05) is 7.11 Å². The minimum atomic E-state index is -4.98. The highest BCUT2D eigenvalue weighted by molar-refractivity contribution is 7.91. The molecule has 0 aliphatic rings. The standard InChI is InChI=1S/C23H18F3N3O5S/c1-33-20-7-4-16(34-23(24,25)26)11-21(20)35(31,32)17-5-2-14(3-6-17)12-28-22(30)19-10-15-13-27-9-8-18(15)29-19/h2-11,13,29H,12H2,1H3,(H,28,30). The Balaban J connectivity index is 1.50. The summed E-state index contributed by atoms with van der Waals surface area (Å²) in [6.07, 6.45) is -1.75. The highest BCUT2D eigenvalue weighted by atomic mass is 32.2. The largest absolute Gasteiger partial charge is 0.573 e. The van der Waals surface area contributed by atoms with Gasteiger partial charge in [0.15, 0.2) is 0 Å². The third-order valence-electron chi connectivity index (χ3n) is 5.01. The summed E-state index contributed by atoms with van der Waals surface area (Å²) in [5, 5.41) is 3.51. The number of H-pyrrole nitrogens is 1. The lowest BCUT2D eigenvalue weighted by Gasteiger charge is -2.14. The number of hydrogen-bond acceptors (Lipinski definition) is 6. The van der Waals surface area contributed by atoms with Gasteiger partial charge in [0.2, 0.25) is 9.84 Å². The number of benzene rings is 2. The number of fused-ring (bicyclic) bond motifs is 1. The van der Waals surface area contributed by atoms with Crippen LogP contribution in [0.3, 0.4) is 0 Å². The van der Waals surface area contributed by atoms with Crippen molar-refractivity contribution >= 4 is 26.6 Å². The van der Waals surface area contributed by atoms with Gasteiger partial charge in [-0.3, -0.25) is 9.78 Å². The number of nitrogens with one attached hydrogen (secondary N) is 2. The molecule has 0 fully saturated rings. The Hall–Kier alpha value is -4.06. The fourth-order valence-electron chi connectivity index (χ4n) is 3.35. The second-order valence-electron chi connectivity index (χ2n) is 7.34. The fourth-order valence-corrected chi connectivity index (χ4v) is 4.79. The van der Waals surface area contributed by atoms with E-state index in [1.54, 1.807) is 24.5 Å². The molecule has 0 unspecified atom stereocenters. The monoisotopic (exact) mass is 505 g/mol. The minimum absolute atomic E-state index is 0.116. The molecule has 0 aliphatic carbocycles. The quantitative estimate of drug-likeness (QED) is 0.389. The van der Waals surface area contributed by atoms with Gasteiger partial charge in [0.05, 0.1) is 12.0 Å². The summed E-state index contributed by atoms with van der Waals surface area (Å²) in [5.41, 5.74) is 1.72. The molecule has 0 spiro atoms. The van der Waals surface area contributed by atoms with Crippen LogP contribution in [0.25, 0.3) is 10.9 Å². The number of methoxy groups -OCH3 is 1. The number of carbonyl (C=O) groups is 1. The molecule has 0 saturated heterocycles. The lowest BCUT2D eigenvalue weighted by atomic mass is 10.2. The number of carbonyl (C=O) groups excluding carboxylic acids is 1. The number of nitrogens with zero attached hydrogens (tertiary/aromatic N) is 1. The van der Waals surface area contributed by atoms with Crippen LogP contribution in [0.2, 0.25) is 0 Å². The Morgan fingerprint density at radius 1 is 1.09 bits per heavy atom. The molecule has 0 bridgehead atoms. The van der Waals surface area contributed by atoms with Gasteiger partial charge >= 0.3 is 6.36 Å². The van der Waals surface area contributed by atoms with Gasteiger partial charge in [-0.1, -0.05) is 12.1 Å². The van der Waals surface area contributed by atoms with Crippen LogP contribution < -0.4 is 14.8 Å². The van der Waals surface area contributed by atoms with Crippen LogP contribution in [0, 0.1) is 0 Å². The van der Waals surface area contributed by atoms with Crippen LogP contribution in [0.1, 0.15) is 16.1 Å². The molecule has 0 aliphatic heterocycles. The van der Waals surface area contributed by atoms with Gasteiger partial charge in [0.25, 0.3) is 5.91 Å². The molecule has 4 aromatic rings. The maximum Gasteiger partial charge on any atom is 0.573 e. The van der Waals surface area contributed by atoms with E-state index in [1.807, 2.05) is 0 Å². The summed E-state index contributed by atoms with van der Waals surface area (Å²) in [6.45, 7) is 0.116. The highest BCUT2D eigenvalue weighted by Crippen LogP contribution is 2.34. The van der Waals surface area contributed by atoms with Crippen LogP contribution in [-0.2, 0) is 16.4 Å². The van der Waals surface area contributed by atoms with Crippen molar-refractivity contribution in [3.05, 3.63) is 78.2 Å². The number of alkyl halides is 3. The van der Waals surface area contributed by atoms with Gasteiger partial charge in [0, 0.05) is 35.9 Å².